The van der Waals surface area contributed by atoms with Gasteiger partial charge in [-0.1, -0.05) is 145 Å². The van der Waals surface area contributed by atoms with Crippen molar-refractivity contribution in [3.8, 4) is 45.3 Å². The molecule has 4 aromatic carbocycles. The van der Waals surface area contributed by atoms with Crippen molar-refractivity contribution in [1.29, 1.82) is 0 Å². The summed E-state index contributed by atoms with van der Waals surface area (Å²) in [5, 5.41) is 0. The maximum atomic E-state index is 4.97. The van der Waals surface area contributed by atoms with Crippen LogP contribution in [0.2, 0.25) is 0 Å². The predicted octanol–water partition coefficient (Wildman–Crippen LogP) is 9.78. The molecule has 1 heterocycles. The molecular weight excluding hydrogens is 486 g/mol. The van der Waals surface area contributed by atoms with Gasteiger partial charge in [-0.25, -0.2) is 15.0 Å². The van der Waals surface area contributed by atoms with Gasteiger partial charge in [0.25, 0.3) is 0 Å². The molecule has 0 atom stereocenters. The minimum Gasteiger partial charge on any atom is -0.208 e. The molecule has 0 N–H and O–H groups in total. The van der Waals surface area contributed by atoms with Gasteiger partial charge in [-0.3, -0.25) is 0 Å². The fraction of sp³-hybridized carbons (Fsp3) is 0.216. The van der Waals surface area contributed by atoms with E-state index in [4.69, 9.17) is 15.0 Å². The Morgan fingerprint density at radius 1 is 0.475 bits per heavy atom. The van der Waals surface area contributed by atoms with Crippen LogP contribution >= 0.6 is 0 Å². The van der Waals surface area contributed by atoms with Crippen LogP contribution in [0.15, 0.2) is 104 Å². The first-order valence-corrected chi connectivity index (χ1v) is 13.8. The zero-order valence-electron chi connectivity index (χ0n) is 24.4. The van der Waals surface area contributed by atoms with Crippen molar-refractivity contribution >= 4 is 6.08 Å². The molecule has 0 fully saturated rings. The monoisotopic (exact) mass is 523 g/mol. The molecule has 0 saturated heterocycles. The Hall–Kier alpha value is -4.37. The van der Waals surface area contributed by atoms with E-state index < -0.39 is 0 Å². The first kappa shape index (κ1) is 27.2. The van der Waals surface area contributed by atoms with E-state index in [1.165, 1.54) is 11.1 Å². The SMILES string of the molecule is C=Cc1ccc(-c2cccc(-c3nc(-c4ccc(C(C)(C)C)cc4)nc(-c4ccc(C(C)(C)C)cc4)n3)c2)cc1. The van der Waals surface area contributed by atoms with Crippen LogP contribution in [-0.2, 0) is 10.8 Å². The Kier molecular flexibility index (Phi) is 7.25. The number of aromatic nitrogens is 3. The molecule has 0 saturated carbocycles. The summed E-state index contributed by atoms with van der Waals surface area (Å²) in [4.78, 5) is 14.9. The van der Waals surface area contributed by atoms with E-state index in [0.29, 0.717) is 17.5 Å². The Bertz CT molecular complexity index is 1560. The highest BCUT2D eigenvalue weighted by atomic mass is 15.0. The van der Waals surface area contributed by atoms with Crippen molar-refractivity contribution in [3.05, 3.63) is 120 Å². The van der Waals surface area contributed by atoms with Gasteiger partial charge in [0.2, 0.25) is 0 Å². The average molecular weight is 524 g/mol. The maximum absolute atomic E-state index is 4.97. The van der Waals surface area contributed by atoms with E-state index in [1.807, 2.05) is 6.08 Å². The molecule has 200 valence electrons. The van der Waals surface area contributed by atoms with Gasteiger partial charge in [0.05, 0.1) is 0 Å². The maximum Gasteiger partial charge on any atom is 0.164 e. The highest BCUT2D eigenvalue weighted by molar-refractivity contribution is 5.73. The van der Waals surface area contributed by atoms with Gasteiger partial charge in [-0.2, -0.15) is 0 Å². The molecule has 0 radical (unpaired) electrons. The van der Waals surface area contributed by atoms with Crippen LogP contribution in [0.5, 0.6) is 0 Å². The fourth-order valence-electron chi connectivity index (χ4n) is 4.65. The standard InChI is InChI=1S/C37H37N3/c1-8-25-12-14-26(15-13-25)29-10-9-11-30(24-29)35-39-33(27-16-20-31(21-17-27)36(2,3)4)38-34(40-35)28-18-22-32(23-19-28)37(5,6)7/h8-24H,1H2,2-7H3. The largest absolute Gasteiger partial charge is 0.208 e. The number of hydrogen-bond donors (Lipinski definition) is 0. The van der Waals surface area contributed by atoms with Crippen LogP contribution in [0.3, 0.4) is 0 Å². The van der Waals surface area contributed by atoms with Crippen molar-refractivity contribution in [2.45, 2.75) is 52.4 Å². The first-order valence-electron chi connectivity index (χ1n) is 13.8. The van der Waals surface area contributed by atoms with Crippen molar-refractivity contribution in [3.63, 3.8) is 0 Å². The zero-order valence-corrected chi connectivity index (χ0v) is 24.4. The number of nitrogens with zero attached hydrogens (tertiary/aromatic N) is 3. The quantitative estimate of drug-likeness (QED) is 0.230. The van der Waals surface area contributed by atoms with Gasteiger partial charge < -0.3 is 0 Å². The summed E-state index contributed by atoms with van der Waals surface area (Å²) >= 11 is 0. The van der Waals surface area contributed by atoms with Gasteiger partial charge in [-0.15, -0.1) is 0 Å². The first-order chi connectivity index (χ1) is 19.0. The summed E-state index contributed by atoms with van der Waals surface area (Å²) in [6.07, 6.45) is 1.86. The minimum absolute atomic E-state index is 0.0765. The lowest BCUT2D eigenvalue weighted by atomic mass is 9.86. The summed E-state index contributed by atoms with van der Waals surface area (Å²) in [6.45, 7) is 17.2. The average Bonchev–Trinajstić information content (AvgIpc) is 2.96. The second-order valence-corrected chi connectivity index (χ2v) is 12.4. The Morgan fingerprint density at radius 3 is 1.30 bits per heavy atom. The molecule has 0 amide bonds. The van der Waals surface area contributed by atoms with Crippen LogP contribution in [0.4, 0.5) is 0 Å². The number of rotatable bonds is 5. The molecule has 0 aliphatic rings. The van der Waals surface area contributed by atoms with Crippen LogP contribution in [-0.4, -0.2) is 15.0 Å². The Morgan fingerprint density at radius 2 is 0.875 bits per heavy atom. The summed E-state index contributed by atoms with van der Waals surface area (Å²) in [5.41, 5.74) is 8.95. The van der Waals surface area contributed by atoms with E-state index in [0.717, 1.165) is 33.4 Å². The van der Waals surface area contributed by atoms with E-state index >= 15 is 0 Å². The summed E-state index contributed by atoms with van der Waals surface area (Å²) in [5.74, 6) is 1.99. The van der Waals surface area contributed by atoms with E-state index in [9.17, 15) is 0 Å². The summed E-state index contributed by atoms with van der Waals surface area (Å²) in [6, 6.07) is 33.9. The lowest BCUT2D eigenvalue weighted by Gasteiger charge is -2.19. The van der Waals surface area contributed by atoms with E-state index in [-0.39, 0.29) is 10.8 Å². The topological polar surface area (TPSA) is 38.7 Å². The van der Waals surface area contributed by atoms with Crippen LogP contribution in [0, 0.1) is 0 Å². The third-order valence-electron chi connectivity index (χ3n) is 7.25. The number of hydrogen-bond acceptors (Lipinski definition) is 3. The minimum atomic E-state index is 0.0765. The smallest absolute Gasteiger partial charge is 0.164 e. The third kappa shape index (κ3) is 5.94. The molecule has 0 aliphatic carbocycles. The highest BCUT2D eigenvalue weighted by Crippen LogP contribution is 2.31. The molecule has 0 spiro atoms. The Labute approximate surface area is 238 Å². The van der Waals surface area contributed by atoms with Crippen molar-refractivity contribution in [1.82, 2.24) is 15.0 Å². The summed E-state index contributed by atoms with van der Waals surface area (Å²) in [7, 11) is 0. The van der Waals surface area contributed by atoms with Crippen molar-refractivity contribution in [2.75, 3.05) is 0 Å². The summed E-state index contributed by atoms with van der Waals surface area (Å²) < 4.78 is 0. The molecule has 3 heteroatoms. The highest BCUT2D eigenvalue weighted by Gasteiger charge is 2.17. The van der Waals surface area contributed by atoms with Gasteiger partial charge in [0, 0.05) is 16.7 Å². The predicted molar refractivity (Wildman–Crippen MR) is 169 cm³/mol. The molecule has 3 nitrogen and oxygen atoms in total. The molecule has 0 bridgehead atoms. The fourth-order valence-corrected chi connectivity index (χ4v) is 4.65. The van der Waals surface area contributed by atoms with Crippen molar-refractivity contribution < 1.29 is 0 Å². The van der Waals surface area contributed by atoms with Crippen LogP contribution in [0.1, 0.15) is 58.2 Å². The van der Waals surface area contributed by atoms with Crippen LogP contribution < -0.4 is 0 Å². The lowest BCUT2D eigenvalue weighted by Crippen LogP contribution is -2.10. The van der Waals surface area contributed by atoms with E-state index in [2.05, 4.69) is 145 Å². The molecule has 1 aromatic heterocycles. The molecule has 5 rings (SSSR count). The lowest BCUT2D eigenvalue weighted by molar-refractivity contribution is 0.590. The second-order valence-electron chi connectivity index (χ2n) is 12.4. The van der Waals surface area contributed by atoms with Gasteiger partial charge in [0.1, 0.15) is 0 Å². The third-order valence-corrected chi connectivity index (χ3v) is 7.25. The normalized spacial score (nSPS) is 11.8. The van der Waals surface area contributed by atoms with E-state index in [1.54, 1.807) is 0 Å². The Balaban J connectivity index is 1.62. The van der Waals surface area contributed by atoms with Gasteiger partial charge in [-0.05, 0) is 44.7 Å². The number of benzene rings is 4. The molecule has 5 aromatic rings. The van der Waals surface area contributed by atoms with Gasteiger partial charge in [0.15, 0.2) is 17.5 Å². The van der Waals surface area contributed by atoms with Crippen molar-refractivity contribution in [2.24, 2.45) is 0 Å². The molecule has 40 heavy (non-hydrogen) atoms. The van der Waals surface area contributed by atoms with Crippen LogP contribution in [0.25, 0.3) is 51.4 Å². The molecule has 0 unspecified atom stereocenters. The molecule has 0 aliphatic heterocycles. The second kappa shape index (κ2) is 10.7. The zero-order chi connectivity index (χ0) is 28.5. The molecular formula is C37H37N3. The van der Waals surface area contributed by atoms with Gasteiger partial charge >= 0.3 is 0 Å².